The fourth-order valence-electron chi connectivity index (χ4n) is 3.99. The first kappa shape index (κ1) is 22.2. The molecule has 0 unspecified atom stereocenters. The number of carbonyl (C=O) groups excluding carboxylic acids is 1. The molecule has 0 fully saturated rings. The van der Waals surface area contributed by atoms with Crippen LogP contribution in [0, 0.1) is 6.92 Å². The molecule has 4 nitrogen and oxygen atoms in total. The highest BCUT2D eigenvalue weighted by Crippen LogP contribution is 2.30. The maximum Gasteiger partial charge on any atom is 0.241 e. The molecule has 2 N–H and O–H groups in total. The van der Waals surface area contributed by atoms with Crippen molar-refractivity contribution in [2.45, 2.75) is 11.8 Å². The quantitative estimate of drug-likeness (QED) is 0.203. The molecule has 0 bridgehead atoms. The second-order valence-corrected chi connectivity index (χ2v) is 9.48. The Bertz CT molecular complexity index is 1450. The average molecular weight is 482 g/mol. The van der Waals surface area contributed by atoms with Gasteiger partial charge in [0, 0.05) is 27.0 Å². The Morgan fingerprint density at radius 1 is 0.794 bits per heavy atom. The van der Waals surface area contributed by atoms with E-state index in [0.717, 1.165) is 38.1 Å². The minimum atomic E-state index is 0.0531. The predicted molar refractivity (Wildman–Crippen MR) is 148 cm³/mol. The molecule has 0 saturated heterocycles. The molecule has 0 spiro atoms. The SMILES string of the molecule is Cc1ccc(NC(=S)Nc2cccc(SCC(=O)n3c4ccccc4c4ccccc43)c2)cc1. The Morgan fingerprint density at radius 3 is 2.09 bits per heavy atom. The van der Waals surface area contributed by atoms with E-state index in [-0.39, 0.29) is 5.91 Å². The number of carbonyl (C=O) groups is 1. The maximum atomic E-state index is 13.3. The lowest BCUT2D eigenvalue weighted by molar-refractivity contribution is 0.0951. The van der Waals surface area contributed by atoms with Crippen LogP contribution in [-0.2, 0) is 0 Å². The zero-order valence-corrected chi connectivity index (χ0v) is 20.2. The zero-order chi connectivity index (χ0) is 23.5. The summed E-state index contributed by atoms with van der Waals surface area (Å²) in [6, 6.07) is 32.1. The number of benzene rings is 4. The van der Waals surface area contributed by atoms with Crippen molar-refractivity contribution in [3.8, 4) is 0 Å². The molecule has 0 saturated carbocycles. The first-order chi connectivity index (χ1) is 16.6. The number of fused-ring (bicyclic) bond motifs is 3. The molecule has 5 rings (SSSR count). The second kappa shape index (κ2) is 9.71. The lowest BCUT2D eigenvalue weighted by Gasteiger charge is -2.12. The highest BCUT2D eigenvalue weighted by Gasteiger charge is 2.15. The number of thiocarbonyl (C=S) groups is 1. The number of para-hydroxylation sites is 2. The molecule has 34 heavy (non-hydrogen) atoms. The lowest BCUT2D eigenvalue weighted by atomic mass is 10.2. The predicted octanol–water partition coefficient (Wildman–Crippen LogP) is 7.34. The minimum Gasteiger partial charge on any atom is -0.332 e. The molecule has 0 aliphatic carbocycles. The number of hydrogen-bond donors (Lipinski definition) is 2. The minimum absolute atomic E-state index is 0.0531. The van der Waals surface area contributed by atoms with Crippen LogP contribution in [0.2, 0.25) is 0 Å². The highest BCUT2D eigenvalue weighted by molar-refractivity contribution is 8.00. The summed E-state index contributed by atoms with van der Waals surface area (Å²) in [7, 11) is 0. The van der Waals surface area contributed by atoms with Crippen LogP contribution in [0.15, 0.2) is 102 Å². The number of hydrogen-bond acceptors (Lipinski definition) is 3. The molecule has 1 heterocycles. The number of thioether (sulfide) groups is 1. The van der Waals surface area contributed by atoms with Crippen LogP contribution in [-0.4, -0.2) is 21.3 Å². The first-order valence-electron chi connectivity index (χ1n) is 11.0. The topological polar surface area (TPSA) is 46.1 Å². The number of aromatic nitrogens is 1. The Morgan fingerprint density at radius 2 is 1.41 bits per heavy atom. The van der Waals surface area contributed by atoms with Crippen LogP contribution in [0.25, 0.3) is 21.8 Å². The summed E-state index contributed by atoms with van der Waals surface area (Å²) in [5.41, 5.74) is 4.89. The van der Waals surface area contributed by atoms with Crippen molar-refractivity contribution in [2.24, 2.45) is 0 Å². The number of rotatable bonds is 5. The molecule has 1 aromatic heterocycles. The van der Waals surface area contributed by atoms with E-state index in [1.807, 2.05) is 89.5 Å². The highest BCUT2D eigenvalue weighted by atomic mass is 32.2. The number of nitrogens with zero attached hydrogens (tertiary/aromatic N) is 1. The lowest BCUT2D eigenvalue weighted by Crippen LogP contribution is -2.19. The van der Waals surface area contributed by atoms with E-state index < -0.39 is 0 Å². The summed E-state index contributed by atoms with van der Waals surface area (Å²) in [4.78, 5) is 14.3. The van der Waals surface area contributed by atoms with Crippen molar-refractivity contribution < 1.29 is 4.79 Å². The van der Waals surface area contributed by atoms with Crippen LogP contribution < -0.4 is 10.6 Å². The second-order valence-electron chi connectivity index (χ2n) is 8.03. The average Bonchev–Trinajstić information content (AvgIpc) is 3.19. The third-order valence-electron chi connectivity index (χ3n) is 5.59. The van der Waals surface area contributed by atoms with Gasteiger partial charge in [-0.05, 0) is 61.6 Å². The van der Waals surface area contributed by atoms with Crippen molar-refractivity contribution in [3.63, 3.8) is 0 Å². The Balaban J connectivity index is 1.29. The standard InChI is InChI=1S/C28H23N3OS2/c1-19-13-15-20(16-14-19)29-28(33)30-21-7-6-8-22(17-21)34-18-27(32)31-25-11-4-2-9-23(25)24-10-3-5-12-26(24)31/h2-17H,18H2,1H3,(H2,29,30,33). The Hall–Kier alpha value is -3.61. The molecule has 6 heteroatoms. The molecular weight excluding hydrogens is 458 g/mol. The van der Waals surface area contributed by atoms with Crippen molar-refractivity contribution in [1.82, 2.24) is 4.57 Å². The van der Waals surface area contributed by atoms with Gasteiger partial charge < -0.3 is 10.6 Å². The monoisotopic (exact) mass is 481 g/mol. The van der Waals surface area contributed by atoms with Gasteiger partial charge in [0.2, 0.25) is 5.91 Å². The summed E-state index contributed by atoms with van der Waals surface area (Å²) < 4.78 is 1.83. The van der Waals surface area contributed by atoms with Gasteiger partial charge in [-0.3, -0.25) is 9.36 Å². The van der Waals surface area contributed by atoms with Crippen molar-refractivity contribution in [2.75, 3.05) is 16.4 Å². The number of nitrogens with one attached hydrogen (secondary N) is 2. The van der Waals surface area contributed by atoms with Gasteiger partial charge in [-0.25, -0.2) is 0 Å². The van der Waals surface area contributed by atoms with Crippen LogP contribution in [0.4, 0.5) is 11.4 Å². The van der Waals surface area contributed by atoms with Gasteiger partial charge in [0.15, 0.2) is 5.11 Å². The summed E-state index contributed by atoms with van der Waals surface area (Å²) in [5, 5.41) is 9.13. The molecule has 4 aromatic carbocycles. The maximum absolute atomic E-state index is 13.3. The molecule has 0 radical (unpaired) electrons. The summed E-state index contributed by atoms with van der Waals surface area (Å²) in [5.74, 6) is 0.385. The summed E-state index contributed by atoms with van der Waals surface area (Å²) in [6.07, 6.45) is 0. The van der Waals surface area contributed by atoms with Crippen molar-refractivity contribution in [1.29, 1.82) is 0 Å². The van der Waals surface area contributed by atoms with E-state index in [1.165, 1.54) is 17.3 Å². The molecule has 5 aromatic rings. The van der Waals surface area contributed by atoms with Gasteiger partial charge in [0.25, 0.3) is 0 Å². The fraction of sp³-hybridized carbons (Fsp3) is 0.0714. The number of anilines is 2. The Labute approximate surface area is 208 Å². The van der Waals surface area contributed by atoms with Crippen molar-refractivity contribution in [3.05, 3.63) is 103 Å². The largest absolute Gasteiger partial charge is 0.332 e. The summed E-state index contributed by atoms with van der Waals surface area (Å²) in [6.45, 7) is 2.05. The smallest absolute Gasteiger partial charge is 0.241 e. The normalized spacial score (nSPS) is 11.0. The van der Waals surface area contributed by atoms with Crippen molar-refractivity contribution >= 4 is 68.2 Å². The van der Waals surface area contributed by atoms with E-state index in [2.05, 4.69) is 29.7 Å². The fourth-order valence-corrected chi connectivity index (χ4v) is 5.03. The third-order valence-corrected chi connectivity index (χ3v) is 6.78. The Kier molecular flexibility index (Phi) is 6.34. The van der Waals surface area contributed by atoms with Crippen LogP contribution in [0.1, 0.15) is 10.4 Å². The molecule has 0 amide bonds. The molecule has 0 atom stereocenters. The van der Waals surface area contributed by atoms with Gasteiger partial charge >= 0.3 is 0 Å². The van der Waals surface area contributed by atoms with Gasteiger partial charge in [-0.2, -0.15) is 0 Å². The molecule has 0 aliphatic heterocycles. The van der Waals surface area contributed by atoms with Crippen LogP contribution in [0.5, 0.6) is 0 Å². The molecular formula is C28H23N3OS2. The van der Waals surface area contributed by atoms with Gasteiger partial charge in [0.05, 0.1) is 16.8 Å². The molecule has 168 valence electrons. The molecule has 0 aliphatic rings. The number of aryl methyl sites for hydroxylation is 1. The van der Waals surface area contributed by atoms with E-state index in [1.54, 1.807) is 0 Å². The third kappa shape index (κ3) is 4.69. The van der Waals surface area contributed by atoms with Gasteiger partial charge in [0.1, 0.15) is 0 Å². The van der Waals surface area contributed by atoms with Gasteiger partial charge in [-0.1, -0.05) is 60.2 Å². The van der Waals surface area contributed by atoms with E-state index in [9.17, 15) is 4.79 Å². The zero-order valence-electron chi connectivity index (χ0n) is 18.6. The van der Waals surface area contributed by atoms with Crippen LogP contribution >= 0.6 is 24.0 Å². The first-order valence-corrected chi connectivity index (χ1v) is 12.4. The van der Waals surface area contributed by atoms with E-state index in [0.29, 0.717) is 10.9 Å². The van der Waals surface area contributed by atoms with E-state index >= 15 is 0 Å². The summed E-state index contributed by atoms with van der Waals surface area (Å²) >= 11 is 6.97. The van der Waals surface area contributed by atoms with Gasteiger partial charge in [-0.15, -0.1) is 11.8 Å². The van der Waals surface area contributed by atoms with Crippen LogP contribution in [0.3, 0.4) is 0 Å². The van der Waals surface area contributed by atoms with E-state index in [4.69, 9.17) is 12.2 Å².